The maximum atomic E-state index is 13.7. The first-order valence-electron chi connectivity index (χ1n) is 13.4. The monoisotopic (exact) mass is 547 g/mol. The summed E-state index contributed by atoms with van der Waals surface area (Å²) in [6.07, 6.45) is 3.03. The number of pyridine rings is 1. The number of ether oxygens (including phenoxy) is 3. The second-order valence-electron chi connectivity index (χ2n) is 10.4. The second kappa shape index (κ2) is 11.9. The molecule has 2 aliphatic rings. The number of nitrogens with zero attached hydrogens (tertiary/aromatic N) is 2. The second-order valence-corrected chi connectivity index (χ2v) is 10.4. The lowest BCUT2D eigenvalue weighted by Gasteiger charge is -2.38. The van der Waals surface area contributed by atoms with Crippen LogP contribution in [0.15, 0.2) is 60.9 Å². The van der Waals surface area contributed by atoms with E-state index in [-0.39, 0.29) is 43.3 Å². The minimum atomic E-state index is -0.383. The van der Waals surface area contributed by atoms with Crippen LogP contribution >= 0.6 is 0 Å². The van der Waals surface area contributed by atoms with E-state index < -0.39 is 0 Å². The summed E-state index contributed by atoms with van der Waals surface area (Å²) in [6, 6.07) is 14.0. The summed E-state index contributed by atoms with van der Waals surface area (Å²) in [4.78, 5) is 33.5. The highest BCUT2D eigenvalue weighted by atomic mass is 16.7. The number of hydrogen-bond acceptors (Lipinski definition) is 7. The van der Waals surface area contributed by atoms with Gasteiger partial charge in [0.25, 0.3) is 11.8 Å². The van der Waals surface area contributed by atoms with Crippen molar-refractivity contribution in [3.8, 4) is 17.2 Å². The van der Waals surface area contributed by atoms with Gasteiger partial charge in [-0.2, -0.15) is 0 Å². The van der Waals surface area contributed by atoms with Gasteiger partial charge in [0.1, 0.15) is 6.10 Å². The number of rotatable bonds is 8. The summed E-state index contributed by atoms with van der Waals surface area (Å²) >= 11 is 0. The summed E-state index contributed by atoms with van der Waals surface area (Å²) in [6.45, 7) is 5.55. The smallest absolute Gasteiger partial charge is 0.258 e. The fourth-order valence-electron chi connectivity index (χ4n) is 5.02. The highest BCUT2D eigenvalue weighted by molar-refractivity contribution is 6.07. The van der Waals surface area contributed by atoms with Crippen LogP contribution in [-0.2, 0) is 6.54 Å². The van der Waals surface area contributed by atoms with E-state index in [1.165, 1.54) is 0 Å². The molecule has 0 aliphatic carbocycles. The van der Waals surface area contributed by atoms with E-state index in [0.29, 0.717) is 42.2 Å². The van der Waals surface area contributed by atoms with Crippen molar-refractivity contribution in [2.24, 2.45) is 5.92 Å². The van der Waals surface area contributed by atoms with Crippen molar-refractivity contribution in [1.29, 1.82) is 0 Å². The van der Waals surface area contributed by atoms with Crippen LogP contribution in [0.1, 0.15) is 40.1 Å². The van der Waals surface area contributed by atoms with E-state index in [2.05, 4.69) is 15.2 Å². The predicted molar refractivity (Wildman–Crippen MR) is 147 cm³/mol. The molecular weight excluding hydrogens is 512 g/mol. The molecule has 3 heterocycles. The lowest BCUT2D eigenvalue weighted by molar-refractivity contribution is -0.378. The Morgan fingerprint density at radius 2 is 1.95 bits per heavy atom. The van der Waals surface area contributed by atoms with Gasteiger partial charge in [0.15, 0.2) is 29.6 Å². The van der Waals surface area contributed by atoms with Crippen LogP contribution in [0, 0.1) is 5.92 Å². The first kappa shape index (κ1) is 27.4. The molecule has 2 aromatic carbocycles. The fraction of sp³-hybridized carbons (Fsp3) is 0.367. The SMILES string of the molecule is C[C@@H]1CN([C@H](C)CO)C(=O)c2cccc(NC(=O)c3cc[nH+]cc3)c2O[C@H]1CN(C)Cc1ccc2c(c1)OCO2. The Morgan fingerprint density at radius 3 is 2.73 bits per heavy atom. The van der Waals surface area contributed by atoms with E-state index in [1.807, 2.05) is 39.1 Å². The molecule has 5 rings (SSSR count). The van der Waals surface area contributed by atoms with E-state index >= 15 is 0 Å². The third-order valence-corrected chi connectivity index (χ3v) is 7.30. The molecule has 1 aromatic heterocycles. The van der Waals surface area contributed by atoms with E-state index in [1.54, 1.807) is 47.6 Å². The maximum absolute atomic E-state index is 13.7. The molecule has 0 spiro atoms. The van der Waals surface area contributed by atoms with Crippen LogP contribution in [0.4, 0.5) is 5.69 Å². The van der Waals surface area contributed by atoms with Crippen LogP contribution in [0.5, 0.6) is 17.2 Å². The molecule has 3 N–H and O–H groups in total. The molecule has 40 heavy (non-hydrogen) atoms. The van der Waals surface area contributed by atoms with Crippen molar-refractivity contribution >= 4 is 17.5 Å². The Balaban J connectivity index is 1.43. The van der Waals surface area contributed by atoms with Gasteiger partial charge < -0.3 is 29.5 Å². The molecule has 0 saturated carbocycles. The van der Waals surface area contributed by atoms with Gasteiger partial charge in [0.05, 0.1) is 29.5 Å². The molecule has 3 atom stereocenters. The topological polar surface area (TPSA) is 115 Å². The fourth-order valence-corrected chi connectivity index (χ4v) is 5.02. The predicted octanol–water partition coefficient (Wildman–Crippen LogP) is 2.83. The average Bonchev–Trinajstić information content (AvgIpc) is 3.43. The lowest BCUT2D eigenvalue weighted by Crippen LogP contribution is -2.49. The minimum Gasteiger partial charge on any atom is -0.486 e. The number of benzene rings is 2. The number of nitrogens with one attached hydrogen (secondary N) is 2. The number of carbonyl (C=O) groups excluding carboxylic acids is 2. The number of fused-ring (bicyclic) bond motifs is 2. The largest absolute Gasteiger partial charge is 0.486 e. The Morgan fingerprint density at radius 1 is 1.18 bits per heavy atom. The Bertz CT molecular complexity index is 1370. The molecule has 0 radical (unpaired) electrons. The molecule has 0 bridgehead atoms. The summed E-state index contributed by atoms with van der Waals surface area (Å²) in [5.41, 5.74) is 2.30. The molecule has 2 amide bonds. The van der Waals surface area contributed by atoms with E-state index in [0.717, 1.165) is 17.1 Å². The lowest BCUT2D eigenvalue weighted by atomic mass is 9.98. The number of aliphatic hydroxyl groups is 1. The summed E-state index contributed by atoms with van der Waals surface area (Å²) in [7, 11) is 2.01. The molecule has 0 saturated heterocycles. The molecule has 210 valence electrons. The van der Waals surface area contributed by atoms with Crippen LogP contribution in [0.3, 0.4) is 0 Å². The summed E-state index contributed by atoms with van der Waals surface area (Å²) < 4.78 is 17.6. The summed E-state index contributed by atoms with van der Waals surface area (Å²) in [5, 5.41) is 12.9. The Hall–Kier alpha value is -4.15. The number of likely N-dealkylation sites (N-methyl/N-ethyl adjacent to an activating group) is 1. The number of hydrogen-bond donors (Lipinski definition) is 2. The number of carbonyl (C=O) groups is 2. The number of aromatic amines is 1. The van der Waals surface area contributed by atoms with Crippen molar-refractivity contribution in [3.63, 3.8) is 0 Å². The van der Waals surface area contributed by atoms with Crippen LogP contribution in [0.2, 0.25) is 0 Å². The summed E-state index contributed by atoms with van der Waals surface area (Å²) in [5.74, 6) is 1.17. The van der Waals surface area contributed by atoms with Crippen molar-refractivity contribution in [2.75, 3.05) is 38.9 Å². The minimum absolute atomic E-state index is 0.0706. The Labute approximate surface area is 233 Å². The number of aromatic nitrogens is 1. The molecule has 0 unspecified atom stereocenters. The zero-order chi connectivity index (χ0) is 28.2. The number of amides is 2. The van der Waals surface area contributed by atoms with Gasteiger partial charge in [-0.3, -0.25) is 14.5 Å². The number of anilines is 1. The van der Waals surface area contributed by atoms with Crippen molar-refractivity contribution in [3.05, 3.63) is 77.6 Å². The number of H-pyrrole nitrogens is 1. The van der Waals surface area contributed by atoms with Gasteiger partial charge in [-0.25, -0.2) is 4.98 Å². The standard InChI is InChI=1S/C30H34N4O6/c1-19-14-34(20(2)17-35)30(37)23-5-4-6-24(32-29(36)22-9-11-31-12-10-22)28(23)40-27(19)16-33(3)15-21-7-8-25-26(13-21)39-18-38-25/h4-13,19-20,27,35H,14-18H2,1-3H3,(H,32,36)/p+1/t19-,20-,27+/m1/s1. The molecule has 10 nitrogen and oxygen atoms in total. The first-order chi connectivity index (χ1) is 19.3. The Kier molecular flexibility index (Phi) is 8.18. The third-order valence-electron chi connectivity index (χ3n) is 7.30. The van der Waals surface area contributed by atoms with Crippen LogP contribution in [-0.4, -0.2) is 72.4 Å². The zero-order valence-electron chi connectivity index (χ0n) is 22.9. The first-order valence-corrected chi connectivity index (χ1v) is 13.4. The van der Waals surface area contributed by atoms with Crippen LogP contribution in [0.25, 0.3) is 0 Å². The third kappa shape index (κ3) is 5.88. The van der Waals surface area contributed by atoms with Crippen LogP contribution < -0.4 is 24.5 Å². The van der Waals surface area contributed by atoms with Crippen molar-refractivity contribution < 1.29 is 33.9 Å². The molecule has 0 fully saturated rings. The normalized spacial score (nSPS) is 18.9. The maximum Gasteiger partial charge on any atom is 0.258 e. The van der Waals surface area contributed by atoms with E-state index in [9.17, 15) is 14.7 Å². The zero-order valence-corrected chi connectivity index (χ0v) is 22.9. The van der Waals surface area contributed by atoms with Gasteiger partial charge in [-0.05, 0) is 43.8 Å². The van der Waals surface area contributed by atoms with Crippen molar-refractivity contribution in [1.82, 2.24) is 9.80 Å². The highest BCUT2D eigenvalue weighted by Gasteiger charge is 2.34. The number of aliphatic hydroxyl groups excluding tert-OH is 1. The van der Waals surface area contributed by atoms with E-state index in [4.69, 9.17) is 14.2 Å². The molecule has 3 aromatic rings. The number of para-hydroxylation sites is 1. The van der Waals surface area contributed by atoms with Gasteiger partial charge in [-0.15, -0.1) is 0 Å². The molecule has 2 aliphatic heterocycles. The van der Waals surface area contributed by atoms with Crippen molar-refractivity contribution in [2.45, 2.75) is 32.5 Å². The van der Waals surface area contributed by atoms with Gasteiger partial charge in [0, 0.05) is 37.7 Å². The average molecular weight is 548 g/mol. The molecular formula is C30H35N4O6+. The quantitative estimate of drug-likeness (QED) is 0.446. The van der Waals surface area contributed by atoms with Gasteiger partial charge >= 0.3 is 0 Å². The molecule has 10 heteroatoms. The van der Waals surface area contributed by atoms with Gasteiger partial charge in [-0.1, -0.05) is 19.1 Å². The van der Waals surface area contributed by atoms with Gasteiger partial charge in [0.2, 0.25) is 6.79 Å². The highest BCUT2D eigenvalue weighted by Crippen LogP contribution is 2.36.